The van der Waals surface area contributed by atoms with Gasteiger partial charge < -0.3 is 30.7 Å². The Kier molecular flexibility index (Phi) is 4.96. The molecule has 0 spiro atoms. The monoisotopic (exact) mass is 386 g/mol. The molecule has 28 heavy (non-hydrogen) atoms. The van der Waals surface area contributed by atoms with Crippen molar-refractivity contribution in [3.63, 3.8) is 0 Å². The number of aromatic nitrogens is 4. The van der Waals surface area contributed by atoms with Crippen LogP contribution in [0.1, 0.15) is 11.8 Å². The maximum Gasteiger partial charge on any atom is 0.167 e. The van der Waals surface area contributed by atoms with E-state index in [9.17, 15) is 15.3 Å². The van der Waals surface area contributed by atoms with Gasteiger partial charge in [-0.3, -0.25) is 4.57 Å². The number of ether oxygens (including phenoxy) is 1. The Morgan fingerprint density at radius 1 is 1.18 bits per heavy atom. The molecule has 10 heteroatoms. The van der Waals surface area contributed by atoms with Gasteiger partial charge in [0.1, 0.15) is 24.6 Å². The van der Waals surface area contributed by atoms with Gasteiger partial charge in [-0.1, -0.05) is 18.2 Å². The second-order valence-electron chi connectivity index (χ2n) is 6.64. The molecule has 0 radical (unpaired) electrons. The lowest BCUT2D eigenvalue weighted by Gasteiger charge is -2.21. The lowest BCUT2D eigenvalue weighted by Crippen LogP contribution is -2.33. The van der Waals surface area contributed by atoms with Crippen molar-refractivity contribution in [1.82, 2.24) is 19.5 Å². The molecule has 2 aromatic heterocycles. The normalized spacial score (nSPS) is 24.8. The zero-order valence-electron chi connectivity index (χ0n) is 15.3. The number of hydrogen-bond donors (Lipinski definition) is 4. The molecule has 0 aliphatic carbocycles. The molecule has 0 bridgehead atoms. The number of rotatable bonds is 5. The summed E-state index contributed by atoms with van der Waals surface area (Å²) in [7, 11) is 1.86. The molecule has 1 fully saturated rings. The Morgan fingerprint density at radius 2 is 1.96 bits per heavy atom. The summed E-state index contributed by atoms with van der Waals surface area (Å²) in [4.78, 5) is 14.9. The summed E-state index contributed by atoms with van der Waals surface area (Å²) >= 11 is 0. The minimum atomic E-state index is -1.22. The molecule has 1 saturated heterocycles. The zero-order valence-corrected chi connectivity index (χ0v) is 15.3. The van der Waals surface area contributed by atoms with Gasteiger partial charge in [0, 0.05) is 19.3 Å². The van der Waals surface area contributed by atoms with Gasteiger partial charge in [0.25, 0.3) is 0 Å². The number of imidazole rings is 1. The van der Waals surface area contributed by atoms with E-state index < -0.39 is 31.1 Å². The molecule has 1 aromatic carbocycles. The predicted molar refractivity (Wildman–Crippen MR) is 101 cm³/mol. The average Bonchev–Trinajstić information content (AvgIpc) is 3.28. The van der Waals surface area contributed by atoms with Crippen LogP contribution in [0.15, 0.2) is 36.9 Å². The Morgan fingerprint density at radius 3 is 2.68 bits per heavy atom. The summed E-state index contributed by atoms with van der Waals surface area (Å²) < 4.78 is 7.13. The molecule has 4 atom stereocenters. The van der Waals surface area contributed by atoms with Crippen molar-refractivity contribution >= 4 is 22.7 Å². The van der Waals surface area contributed by atoms with Gasteiger partial charge in [-0.2, -0.15) is 0 Å². The van der Waals surface area contributed by atoms with Gasteiger partial charge in [0.05, 0.1) is 12.9 Å². The smallest absolute Gasteiger partial charge is 0.167 e. The molecule has 3 aromatic rings. The van der Waals surface area contributed by atoms with E-state index in [4.69, 9.17) is 10.5 Å². The number of nitrogens with zero attached hydrogens (tertiary/aromatic N) is 5. The third-order valence-corrected chi connectivity index (χ3v) is 5.02. The first kappa shape index (κ1) is 18.7. The van der Waals surface area contributed by atoms with E-state index >= 15 is 0 Å². The average molecular weight is 386 g/mol. The van der Waals surface area contributed by atoms with Gasteiger partial charge in [0.2, 0.25) is 0 Å². The van der Waals surface area contributed by atoms with Crippen LogP contribution in [0.4, 0.5) is 11.5 Å². The molecular weight excluding hydrogens is 364 g/mol. The Labute approximate surface area is 160 Å². The third-order valence-electron chi connectivity index (χ3n) is 5.02. The fraction of sp³-hybridized carbons (Fsp3) is 0.389. The molecule has 3 heterocycles. The topological polar surface area (TPSA) is 143 Å². The van der Waals surface area contributed by atoms with Crippen LogP contribution in [-0.4, -0.2) is 66.8 Å². The molecular formula is C18H22N6O4. The van der Waals surface area contributed by atoms with Crippen LogP contribution in [0.2, 0.25) is 0 Å². The minimum Gasteiger partial charge on any atom is -0.394 e. The summed E-state index contributed by atoms with van der Waals surface area (Å²) in [5.41, 5.74) is 8.66. The molecule has 0 unspecified atom stereocenters. The first-order valence-electron chi connectivity index (χ1n) is 8.88. The Bertz CT molecular complexity index is 980. The number of benzene rings is 1. The van der Waals surface area contributed by atoms with Crippen molar-refractivity contribution in [2.75, 3.05) is 18.6 Å². The van der Waals surface area contributed by atoms with Crippen LogP contribution in [0.25, 0.3) is 11.2 Å². The van der Waals surface area contributed by atoms with Crippen molar-refractivity contribution in [2.24, 2.45) is 5.73 Å². The summed E-state index contributed by atoms with van der Waals surface area (Å²) in [6.45, 7) is -0.0219. The molecule has 148 valence electrons. The van der Waals surface area contributed by atoms with Gasteiger partial charge in [-0.05, 0) is 11.6 Å². The number of aliphatic hydroxyl groups is 3. The lowest BCUT2D eigenvalue weighted by atomic mass is 10.1. The minimum absolute atomic E-state index is 0.381. The van der Waals surface area contributed by atoms with Crippen LogP contribution in [0, 0.1) is 0 Å². The second-order valence-corrected chi connectivity index (χ2v) is 6.64. The Hall–Kier alpha value is -2.63. The molecule has 0 amide bonds. The molecule has 4 rings (SSSR count). The number of para-hydroxylation sites is 1. The molecule has 10 nitrogen and oxygen atoms in total. The summed E-state index contributed by atoms with van der Waals surface area (Å²) in [6.07, 6.45) is -1.33. The highest BCUT2D eigenvalue weighted by atomic mass is 16.6. The number of aliphatic hydroxyl groups excluding tert-OH is 3. The highest BCUT2D eigenvalue weighted by Crippen LogP contribution is 2.34. The fourth-order valence-electron chi connectivity index (χ4n) is 3.51. The number of hydrogen-bond acceptors (Lipinski definition) is 9. The van der Waals surface area contributed by atoms with Gasteiger partial charge in [-0.15, -0.1) is 0 Å². The SMILES string of the molecule is CN(c1ccccc1CN)c1ncnc2c1ncn2[C@@H]1O[C@H](CO)[C@@H](O)[C@H]1O. The highest BCUT2D eigenvalue weighted by Gasteiger charge is 2.44. The van der Waals surface area contributed by atoms with Crippen LogP contribution in [0.5, 0.6) is 0 Å². The van der Waals surface area contributed by atoms with Crippen molar-refractivity contribution in [2.45, 2.75) is 31.1 Å². The van der Waals surface area contributed by atoms with E-state index in [2.05, 4.69) is 15.0 Å². The maximum absolute atomic E-state index is 10.3. The van der Waals surface area contributed by atoms with Crippen LogP contribution in [-0.2, 0) is 11.3 Å². The van der Waals surface area contributed by atoms with Crippen molar-refractivity contribution in [3.05, 3.63) is 42.5 Å². The summed E-state index contributed by atoms with van der Waals surface area (Å²) in [5, 5.41) is 29.7. The zero-order chi connectivity index (χ0) is 19.8. The molecule has 1 aliphatic rings. The standard InChI is InChI=1S/C18H22N6O4/c1-23(11-5-3-2-4-10(11)6-19)16-13-17(21-8-20-16)24(9-22-13)18-15(27)14(26)12(7-25)28-18/h2-5,8-9,12,14-15,18,25-27H,6-7,19H2,1H3/t12-,14-,15-,18-/m1/s1. The number of anilines is 2. The van der Waals surface area contributed by atoms with E-state index in [0.717, 1.165) is 11.3 Å². The largest absolute Gasteiger partial charge is 0.394 e. The first-order chi connectivity index (χ1) is 13.6. The van der Waals surface area contributed by atoms with Crippen molar-refractivity contribution in [3.8, 4) is 0 Å². The lowest BCUT2D eigenvalue weighted by molar-refractivity contribution is -0.0511. The maximum atomic E-state index is 10.3. The summed E-state index contributed by atoms with van der Waals surface area (Å²) in [5.74, 6) is 0.566. The van der Waals surface area contributed by atoms with Crippen molar-refractivity contribution in [1.29, 1.82) is 0 Å². The molecule has 5 N–H and O–H groups in total. The number of nitrogens with two attached hydrogens (primary N) is 1. The second kappa shape index (κ2) is 7.41. The van der Waals surface area contributed by atoms with Gasteiger partial charge in [0.15, 0.2) is 23.2 Å². The van der Waals surface area contributed by atoms with E-state index in [1.807, 2.05) is 36.2 Å². The third kappa shape index (κ3) is 2.91. The number of fused-ring (bicyclic) bond motifs is 1. The van der Waals surface area contributed by atoms with E-state index in [-0.39, 0.29) is 0 Å². The van der Waals surface area contributed by atoms with E-state index in [1.54, 1.807) is 0 Å². The van der Waals surface area contributed by atoms with E-state index in [1.165, 1.54) is 17.2 Å². The van der Waals surface area contributed by atoms with Crippen LogP contribution < -0.4 is 10.6 Å². The predicted octanol–water partition coefficient (Wildman–Crippen LogP) is -0.336. The Balaban J connectivity index is 1.75. The molecule has 0 saturated carbocycles. The van der Waals surface area contributed by atoms with Gasteiger partial charge in [-0.25, -0.2) is 15.0 Å². The van der Waals surface area contributed by atoms with E-state index in [0.29, 0.717) is 23.5 Å². The quantitative estimate of drug-likeness (QED) is 0.463. The fourth-order valence-corrected chi connectivity index (χ4v) is 3.51. The van der Waals surface area contributed by atoms with Gasteiger partial charge >= 0.3 is 0 Å². The van der Waals surface area contributed by atoms with Crippen LogP contribution >= 0.6 is 0 Å². The van der Waals surface area contributed by atoms with Crippen LogP contribution in [0.3, 0.4) is 0 Å². The first-order valence-corrected chi connectivity index (χ1v) is 8.88. The summed E-state index contributed by atoms with van der Waals surface area (Å²) in [6, 6.07) is 7.73. The molecule has 1 aliphatic heterocycles. The van der Waals surface area contributed by atoms with Crippen molar-refractivity contribution < 1.29 is 20.1 Å². The highest BCUT2D eigenvalue weighted by molar-refractivity contribution is 5.86.